The van der Waals surface area contributed by atoms with Crippen molar-refractivity contribution in [3.63, 3.8) is 0 Å². The summed E-state index contributed by atoms with van der Waals surface area (Å²) in [6.45, 7) is 9.44. The van der Waals surface area contributed by atoms with Gasteiger partial charge in [0.2, 0.25) is 0 Å². The molecule has 0 heterocycles. The first-order valence-electron chi connectivity index (χ1n) is 6.72. The number of para-hydroxylation sites is 1. The van der Waals surface area contributed by atoms with Crippen molar-refractivity contribution in [3.8, 4) is 5.75 Å². The number of hydrogen-bond donors (Lipinski definition) is 1. The Morgan fingerprint density at radius 3 is 2.71 bits per heavy atom. The summed E-state index contributed by atoms with van der Waals surface area (Å²) in [5.41, 5.74) is 1.33. The molecule has 0 saturated heterocycles. The number of hydrogen-bond acceptors (Lipinski definition) is 2. The third-order valence-corrected chi connectivity index (χ3v) is 3.07. The molecule has 2 heteroatoms. The van der Waals surface area contributed by atoms with Gasteiger partial charge in [-0.25, -0.2) is 0 Å². The minimum Gasteiger partial charge on any atom is -0.493 e. The Morgan fingerprint density at radius 2 is 2.00 bits per heavy atom. The molecule has 1 rings (SSSR count). The average Bonchev–Trinajstić information content (AvgIpc) is 2.38. The fraction of sp³-hybridized carbons (Fsp3) is 0.600. The minimum atomic E-state index is 0.569. The molecule has 1 N–H and O–H groups in total. The van der Waals surface area contributed by atoms with E-state index in [9.17, 15) is 0 Å². The van der Waals surface area contributed by atoms with Gasteiger partial charge in [-0.05, 0) is 43.5 Å². The van der Waals surface area contributed by atoms with Crippen LogP contribution in [0.25, 0.3) is 0 Å². The van der Waals surface area contributed by atoms with Gasteiger partial charge in [0.05, 0.1) is 6.61 Å². The fourth-order valence-corrected chi connectivity index (χ4v) is 1.80. The van der Waals surface area contributed by atoms with Crippen LogP contribution in [0.2, 0.25) is 0 Å². The second-order valence-corrected chi connectivity index (χ2v) is 4.40. The second-order valence-electron chi connectivity index (χ2n) is 4.40. The summed E-state index contributed by atoms with van der Waals surface area (Å²) >= 11 is 0. The van der Waals surface area contributed by atoms with Crippen molar-refractivity contribution < 1.29 is 4.74 Å². The molecule has 0 spiro atoms. The first-order valence-corrected chi connectivity index (χ1v) is 6.72. The Hall–Kier alpha value is -1.02. The van der Waals surface area contributed by atoms with Crippen molar-refractivity contribution in [2.45, 2.75) is 39.5 Å². The molecule has 0 aromatic heterocycles. The molecular weight excluding hydrogens is 210 g/mol. The van der Waals surface area contributed by atoms with E-state index in [2.05, 4.69) is 44.3 Å². The third kappa shape index (κ3) is 4.78. The van der Waals surface area contributed by atoms with Crippen molar-refractivity contribution in [1.82, 2.24) is 5.32 Å². The average molecular weight is 235 g/mol. The van der Waals surface area contributed by atoms with Crippen LogP contribution in [0.1, 0.15) is 45.1 Å². The van der Waals surface area contributed by atoms with Crippen LogP contribution in [-0.4, -0.2) is 19.7 Å². The van der Waals surface area contributed by atoms with Crippen molar-refractivity contribution in [2.75, 3.05) is 19.7 Å². The zero-order valence-corrected chi connectivity index (χ0v) is 11.3. The van der Waals surface area contributed by atoms with E-state index in [-0.39, 0.29) is 0 Å². The number of nitrogens with one attached hydrogen (secondary N) is 1. The summed E-state index contributed by atoms with van der Waals surface area (Å²) in [5, 5.41) is 3.30. The SMILES string of the molecule is CCNCCCOc1ccccc1C(C)CC. The van der Waals surface area contributed by atoms with Crippen molar-refractivity contribution in [3.05, 3.63) is 29.8 Å². The Kier molecular flexibility index (Phi) is 6.71. The lowest BCUT2D eigenvalue weighted by Crippen LogP contribution is -2.16. The van der Waals surface area contributed by atoms with Gasteiger partial charge in [-0.3, -0.25) is 0 Å². The lowest BCUT2D eigenvalue weighted by atomic mass is 9.98. The van der Waals surface area contributed by atoms with Crippen LogP contribution in [0.4, 0.5) is 0 Å². The lowest BCUT2D eigenvalue weighted by Gasteiger charge is -2.15. The van der Waals surface area contributed by atoms with Crippen LogP contribution in [0.15, 0.2) is 24.3 Å². The molecule has 0 aliphatic heterocycles. The molecule has 0 aliphatic carbocycles. The maximum atomic E-state index is 5.87. The smallest absolute Gasteiger partial charge is 0.122 e. The van der Waals surface area contributed by atoms with Crippen LogP contribution >= 0.6 is 0 Å². The molecule has 0 fully saturated rings. The topological polar surface area (TPSA) is 21.3 Å². The molecule has 96 valence electrons. The highest BCUT2D eigenvalue weighted by atomic mass is 16.5. The number of rotatable bonds is 8. The normalized spacial score (nSPS) is 12.4. The standard InChI is InChI=1S/C15H25NO/c1-4-13(3)14-9-6-7-10-15(14)17-12-8-11-16-5-2/h6-7,9-10,13,16H,4-5,8,11-12H2,1-3H3. The first-order chi connectivity index (χ1) is 8.29. The lowest BCUT2D eigenvalue weighted by molar-refractivity contribution is 0.304. The van der Waals surface area contributed by atoms with Gasteiger partial charge in [0, 0.05) is 0 Å². The highest BCUT2D eigenvalue weighted by molar-refractivity contribution is 5.35. The summed E-state index contributed by atoms with van der Waals surface area (Å²) in [6, 6.07) is 8.39. The molecule has 1 aromatic carbocycles. The van der Waals surface area contributed by atoms with Crippen LogP contribution in [-0.2, 0) is 0 Å². The van der Waals surface area contributed by atoms with Gasteiger partial charge in [-0.1, -0.05) is 39.0 Å². The maximum Gasteiger partial charge on any atom is 0.122 e. The van der Waals surface area contributed by atoms with E-state index in [4.69, 9.17) is 4.74 Å². The number of ether oxygens (including phenoxy) is 1. The Morgan fingerprint density at radius 1 is 1.24 bits per heavy atom. The van der Waals surface area contributed by atoms with Gasteiger partial charge >= 0.3 is 0 Å². The van der Waals surface area contributed by atoms with Crippen LogP contribution in [0.5, 0.6) is 5.75 Å². The van der Waals surface area contributed by atoms with Gasteiger partial charge in [-0.2, -0.15) is 0 Å². The molecular formula is C15H25NO. The molecule has 17 heavy (non-hydrogen) atoms. The van der Waals surface area contributed by atoms with Gasteiger partial charge in [0.15, 0.2) is 0 Å². The third-order valence-electron chi connectivity index (χ3n) is 3.07. The minimum absolute atomic E-state index is 0.569. The Balaban J connectivity index is 2.46. The largest absolute Gasteiger partial charge is 0.493 e. The fourth-order valence-electron chi connectivity index (χ4n) is 1.80. The molecule has 0 saturated carbocycles. The molecule has 0 bridgehead atoms. The highest BCUT2D eigenvalue weighted by Gasteiger charge is 2.08. The van der Waals surface area contributed by atoms with Crippen molar-refractivity contribution in [1.29, 1.82) is 0 Å². The maximum absolute atomic E-state index is 5.87. The summed E-state index contributed by atoms with van der Waals surface area (Å²) in [5.74, 6) is 1.62. The summed E-state index contributed by atoms with van der Waals surface area (Å²) in [6.07, 6.45) is 2.21. The Bertz CT molecular complexity index is 312. The van der Waals surface area contributed by atoms with E-state index in [1.165, 1.54) is 5.56 Å². The first kappa shape index (κ1) is 14.0. The molecule has 1 unspecified atom stereocenters. The monoisotopic (exact) mass is 235 g/mol. The van der Waals surface area contributed by atoms with Gasteiger partial charge in [0.25, 0.3) is 0 Å². The molecule has 0 aliphatic rings. The van der Waals surface area contributed by atoms with Crippen LogP contribution in [0.3, 0.4) is 0 Å². The van der Waals surface area contributed by atoms with E-state index in [1.54, 1.807) is 0 Å². The molecule has 0 radical (unpaired) electrons. The van der Waals surface area contributed by atoms with Crippen LogP contribution < -0.4 is 10.1 Å². The van der Waals surface area contributed by atoms with E-state index < -0.39 is 0 Å². The summed E-state index contributed by atoms with van der Waals surface area (Å²) < 4.78 is 5.87. The second kappa shape index (κ2) is 8.13. The van der Waals surface area contributed by atoms with Crippen molar-refractivity contribution in [2.24, 2.45) is 0 Å². The quantitative estimate of drug-likeness (QED) is 0.695. The highest BCUT2D eigenvalue weighted by Crippen LogP contribution is 2.28. The zero-order valence-electron chi connectivity index (χ0n) is 11.3. The predicted octanol–water partition coefficient (Wildman–Crippen LogP) is 3.58. The van der Waals surface area contributed by atoms with Crippen molar-refractivity contribution >= 4 is 0 Å². The van der Waals surface area contributed by atoms with E-state index >= 15 is 0 Å². The van der Waals surface area contributed by atoms with Gasteiger partial charge < -0.3 is 10.1 Å². The molecule has 1 atom stereocenters. The van der Waals surface area contributed by atoms with Crippen LogP contribution in [0, 0.1) is 0 Å². The number of benzene rings is 1. The molecule has 0 amide bonds. The Labute approximate surface area is 105 Å². The predicted molar refractivity (Wildman–Crippen MR) is 73.8 cm³/mol. The van der Waals surface area contributed by atoms with Gasteiger partial charge in [-0.15, -0.1) is 0 Å². The van der Waals surface area contributed by atoms with Gasteiger partial charge in [0.1, 0.15) is 5.75 Å². The van der Waals surface area contributed by atoms with E-state index in [0.717, 1.165) is 38.3 Å². The van der Waals surface area contributed by atoms with E-state index in [1.807, 2.05) is 6.07 Å². The summed E-state index contributed by atoms with van der Waals surface area (Å²) in [7, 11) is 0. The molecule has 1 aromatic rings. The van der Waals surface area contributed by atoms with E-state index in [0.29, 0.717) is 5.92 Å². The molecule has 2 nitrogen and oxygen atoms in total. The zero-order chi connectivity index (χ0) is 12.5. The summed E-state index contributed by atoms with van der Waals surface area (Å²) in [4.78, 5) is 0.